The lowest BCUT2D eigenvalue weighted by Crippen LogP contribution is -2.20. The van der Waals surface area contributed by atoms with E-state index in [0.29, 0.717) is 5.69 Å². The minimum absolute atomic E-state index is 0.0150. The number of hydrogen-bond donors (Lipinski definition) is 2. The Morgan fingerprint density at radius 3 is 2.38 bits per heavy atom. The second kappa shape index (κ2) is 11.3. The smallest absolute Gasteiger partial charge is 0.416 e. The molecular formula is C34H26F3N3OS. The van der Waals surface area contributed by atoms with E-state index in [1.165, 1.54) is 46.1 Å². The summed E-state index contributed by atoms with van der Waals surface area (Å²) in [4.78, 5) is 4.21. The molecule has 1 aliphatic carbocycles. The normalized spacial score (nSPS) is 11.9. The Morgan fingerprint density at radius 2 is 1.57 bits per heavy atom. The first-order valence-corrected chi connectivity index (χ1v) is 13.9. The number of para-hydroxylation sites is 1. The fraction of sp³-hybridized carbons (Fsp3) is 0.118. The highest BCUT2D eigenvalue weighted by Gasteiger charge is 2.31. The number of thiocarbonyl (C=S) groups is 1. The molecule has 1 aliphatic rings. The molecule has 0 fully saturated rings. The maximum absolute atomic E-state index is 13.2. The quantitative estimate of drug-likeness (QED) is 0.192. The molecule has 4 nitrogen and oxygen atoms in total. The molecule has 0 saturated heterocycles. The van der Waals surface area contributed by atoms with Gasteiger partial charge in [-0.25, -0.2) is 4.98 Å². The lowest BCUT2D eigenvalue weighted by molar-refractivity contribution is -0.137. The Labute approximate surface area is 247 Å². The molecule has 0 amide bonds. The molecule has 42 heavy (non-hydrogen) atoms. The molecule has 1 heterocycles. The molecule has 8 heteroatoms. The Morgan fingerprint density at radius 1 is 0.833 bits per heavy atom. The lowest BCUT2D eigenvalue weighted by atomic mass is 9.90. The molecule has 0 unspecified atom stereocenters. The monoisotopic (exact) mass is 581 g/mol. The Balaban J connectivity index is 1.27. The minimum atomic E-state index is -4.48. The number of pyridine rings is 1. The van der Waals surface area contributed by atoms with Crippen molar-refractivity contribution in [2.75, 3.05) is 10.6 Å². The summed E-state index contributed by atoms with van der Waals surface area (Å²) in [5, 5.41) is 6.69. The maximum atomic E-state index is 13.2. The molecular weight excluding hydrogens is 555 g/mol. The molecule has 0 atom stereocenters. The highest BCUT2D eigenvalue weighted by Crippen LogP contribution is 2.45. The van der Waals surface area contributed by atoms with Gasteiger partial charge in [0.25, 0.3) is 0 Å². The van der Waals surface area contributed by atoms with Crippen LogP contribution in [0.2, 0.25) is 0 Å². The molecule has 0 aliphatic heterocycles. The van der Waals surface area contributed by atoms with Crippen molar-refractivity contribution >= 4 is 28.7 Å². The summed E-state index contributed by atoms with van der Waals surface area (Å²) in [6.07, 6.45) is -1.18. The molecule has 6 rings (SSSR count). The number of nitrogens with zero attached hydrogens (tertiary/aromatic N) is 1. The molecule has 1 aromatic heterocycles. The number of ether oxygens (including phenoxy) is 1. The molecule has 0 radical (unpaired) electrons. The molecule has 5 aromatic rings. The number of aryl methyl sites for hydroxylation is 1. The van der Waals surface area contributed by atoms with Gasteiger partial charge in [-0.2, -0.15) is 13.2 Å². The van der Waals surface area contributed by atoms with Crippen molar-refractivity contribution in [1.29, 1.82) is 0 Å². The van der Waals surface area contributed by atoms with E-state index in [-0.39, 0.29) is 16.7 Å². The number of hydrogen-bond acceptors (Lipinski definition) is 3. The third-order valence-corrected chi connectivity index (χ3v) is 7.50. The van der Waals surface area contributed by atoms with Crippen LogP contribution < -0.4 is 15.4 Å². The van der Waals surface area contributed by atoms with Gasteiger partial charge in [0.05, 0.1) is 5.56 Å². The van der Waals surface area contributed by atoms with Gasteiger partial charge in [0.1, 0.15) is 11.4 Å². The van der Waals surface area contributed by atoms with Crippen molar-refractivity contribution < 1.29 is 17.9 Å². The number of rotatable bonds is 6. The van der Waals surface area contributed by atoms with E-state index in [1.807, 2.05) is 18.2 Å². The molecule has 0 bridgehead atoms. The number of aromatic nitrogens is 1. The van der Waals surface area contributed by atoms with Gasteiger partial charge >= 0.3 is 6.18 Å². The third-order valence-electron chi connectivity index (χ3n) is 7.29. The largest absolute Gasteiger partial charge is 0.437 e. The highest BCUT2D eigenvalue weighted by molar-refractivity contribution is 7.80. The van der Waals surface area contributed by atoms with Crippen molar-refractivity contribution in [3.05, 3.63) is 126 Å². The predicted molar refractivity (Wildman–Crippen MR) is 165 cm³/mol. The Bertz CT molecular complexity index is 1800. The first-order chi connectivity index (χ1) is 20.3. The van der Waals surface area contributed by atoms with Crippen LogP contribution in [0.1, 0.15) is 29.2 Å². The SMILES string of the molecule is CCc1ccc(-c2ccccc2NC(=S)Nc2cccnc2Oc2cccc(C(F)(F)F)c2)c2c1-c1ccccc1C2. The first-order valence-electron chi connectivity index (χ1n) is 13.5. The standard InChI is InChI=1S/C34H26F3N3OS/c1-2-21-16-17-26(28-19-22-9-3-4-12-25(22)31(21)28)27-13-5-6-14-29(27)39-33(42)40-30-15-8-18-38-32(30)41-24-11-7-10-23(20-24)34(35,36)37/h3-18,20H,2,19H2,1H3,(H2,39,40,42). The third kappa shape index (κ3) is 5.45. The van der Waals surface area contributed by atoms with Crippen LogP contribution in [0.3, 0.4) is 0 Å². The topological polar surface area (TPSA) is 46.2 Å². The van der Waals surface area contributed by atoms with Crippen LogP contribution in [0.4, 0.5) is 24.5 Å². The van der Waals surface area contributed by atoms with Gasteiger partial charge in [-0.1, -0.05) is 67.6 Å². The van der Waals surface area contributed by atoms with Crippen molar-refractivity contribution in [2.45, 2.75) is 25.9 Å². The maximum Gasteiger partial charge on any atom is 0.416 e. The van der Waals surface area contributed by atoms with Gasteiger partial charge in [0.2, 0.25) is 5.88 Å². The van der Waals surface area contributed by atoms with Crippen molar-refractivity contribution in [3.63, 3.8) is 0 Å². The number of halogens is 3. The average Bonchev–Trinajstić information content (AvgIpc) is 3.38. The van der Waals surface area contributed by atoms with Crippen LogP contribution in [0.25, 0.3) is 22.3 Å². The summed E-state index contributed by atoms with van der Waals surface area (Å²) in [7, 11) is 0. The van der Waals surface area contributed by atoms with Crippen LogP contribution in [0, 0.1) is 0 Å². The van der Waals surface area contributed by atoms with E-state index in [9.17, 15) is 13.2 Å². The summed E-state index contributed by atoms with van der Waals surface area (Å²) in [6.45, 7) is 2.18. The van der Waals surface area contributed by atoms with Gasteiger partial charge in [-0.05, 0) is 94.8 Å². The Hall–Kier alpha value is -4.69. The van der Waals surface area contributed by atoms with Gasteiger partial charge < -0.3 is 15.4 Å². The van der Waals surface area contributed by atoms with Crippen LogP contribution >= 0.6 is 12.2 Å². The Kier molecular flexibility index (Phi) is 7.39. The summed E-state index contributed by atoms with van der Waals surface area (Å²) in [6, 6.07) is 29.0. The van der Waals surface area contributed by atoms with E-state index in [4.69, 9.17) is 17.0 Å². The van der Waals surface area contributed by atoms with Gasteiger partial charge in [-0.3, -0.25) is 0 Å². The molecule has 210 valence electrons. The number of alkyl halides is 3. The number of benzene rings is 4. The van der Waals surface area contributed by atoms with Crippen molar-refractivity contribution in [1.82, 2.24) is 4.98 Å². The molecule has 4 aromatic carbocycles. The van der Waals surface area contributed by atoms with E-state index in [2.05, 4.69) is 65.0 Å². The molecule has 0 saturated carbocycles. The summed E-state index contributed by atoms with van der Waals surface area (Å²) < 4.78 is 45.3. The summed E-state index contributed by atoms with van der Waals surface area (Å²) >= 11 is 5.66. The summed E-state index contributed by atoms with van der Waals surface area (Å²) in [5.41, 5.74) is 9.13. The van der Waals surface area contributed by atoms with Gasteiger partial charge in [-0.15, -0.1) is 0 Å². The van der Waals surface area contributed by atoms with Crippen molar-refractivity contribution in [2.24, 2.45) is 0 Å². The van der Waals surface area contributed by atoms with Crippen LogP contribution in [0.15, 0.2) is 103 Å². The second-order valence-corrected chi connectivity index (χ2v) is 10.3. The zero-order valence-electron chi connectivity index (χ0n) is 22.6. The van der Waals surface area contributed by atoms with Crippen LogP contribution in [0.5, 0.6) is 11.6 Å². The van der Waals surface area contributed by atoms with E-state index < -0.39 is 11.7 Å². The van der Waals surface area contributed by atoms with E-state index in [0.717, 1.165) is 41.8 Å². The minimum Gasteiger partial charge on any atom is -0.437 e. The number of fused-ring (bicyclic) bond motifs is 3. The zero-order valence-corrected chi connectivity index (χ0v) is 23.4. The molecule has 2 N–H and O–H groups in total. The zero-order chi connectivity index (χ0) is 29.3. The van der Waals surface area contributed by atoms with E-state index in [1.54, 1.807) is 12.1 Å². The predicted octanol–water partition coefficient (Wildman–Crippen LogP) is 9.50. The highest BCUT2D eigenvalue weighted by atomic mass is 32.1. The lowest BCUT2D eigenvalue weighted by Gasteiger charge is -2.18. The number of nitrogens with one attached hydrogen (secondary N) is 2. The number of anilines is 2. The van der Waals surface area contributed by atoms with Gasteiger partial charge in [0, 0.05) is 17.4 Å². The molecule has 0 spiro atoms. The first kappa shape index (κ1) is 27.5. The fourth-order valence-electron chi connectivity index (χ4n) is 5.39. The average molecular weight is 582 g/mol. The van der Waals surface area contributed by atoms with Crippen LogP contribution in [-0.4, -0.2) is 10.1 Å². The van der Waals surface area contributed by atoms with Gasteiger partial charge in [0.15, 0.2) is 5.11 Å². The van der Waals surface area contributed by atoms with Crippen molar-refractivity contribution in [3.8, 4) is 33.9 Å². The summed E-state index contributed by atoms with van der Waals surface area (Å²) in [5.74, 6) is 0.112. The fourth-order valence-corrected chi connectivity index (χ4v) is 5.61. The second-order valence-electron chi connectivity index (χ2n) is 9.92. The van der Waals surface area contributed by atoms with Crippen LogP contribution in [-0.2, 0) is 19.0 Å². The van der Waals surface area contributed by atoms with E-state index >= 15 is 0 Å².